The molecule has 2 aromatic rings. The normalized spacial score (nSPS) is 11.2. The van der Waals surface area contributed by atoms with Crippen LogP contribution >= 0.6 is 23.2 Å². The summed E-state index contributed by atoms with van der Waals surface area (Å²) in [6.07, 6.45) is 0. The molecular formula is C13H15Cl2N3O. The monoisotopic (exact) mass is 299 g/mol. The smallest absolute Gasteiger partial charge is 0.240 e. The number of aromatic nitrogens is 2. The maximum Gasteiger partial charge on any atom is 0.240 e. The molecule has 6 heteroatoms. The Morgan fingerprint density at radius 1 is 1.26 bits per heavy atom. The van der Waals surface area contributed by atoms with Crippen molar-refractivity contribution in [3.63, 3.8) is 0 Å². The Kier molecular flexibility index (Phi) is 4.80. The fourth-order valence-electron chi connectivity index (χ4n) is 1.55. The molecule has 1 heterocycles. The highest BCUT2D eigenvalue weighted by molar-refractivity contribution is 6.42. The van der Waals surface area contributed by atoms with E-state index in [1.807, 2.05) is 6.07 Å². The SMILES string of the molecule is CC(C)CNCc1nc(-c2ccc(Cl)c(Cl)c2)no1. The van der Waals surface area contributed by atoms with Crippen LogP contribution in [0.3, 0.4) is 0 Å². The van der Waals surface area contributed by atoms with Gasteiger partial charge in [0.15, 0.2) is 0 Å². The summed E-state index contributed by atoms with van der Waals surface area (Å²) in [6.45, 7) is 5.75. The van der Waals surface area contributed by atoms with E-state index in [1.54, 1.807) is 12.1 Å². The van der Waals surface area contributed by atoms with Crippen molar-refractivity contribution in [3.05, 3.63) is 34.1 Å². The van der Waals surface area contributed by atoms with Gasteiger partial charge in [0, 0.05) is 5.56 Å². The lowest BCUT2D eigenvalue weighted by Gasteiger charge is -2.03. The highest BCUT2D eigenvalue weighted by atomic mass is 35.5. The first-order valence-corrected chi connectivity index (χ1v) is 6.80. The summed E-state index contributed by atoms with van der Waals surface area (Å²) in [6, 6.07) is 5.25. The number of nitrogens with zero attached hydrogens (tertiary/aromatic N) is 2. The third-order valence-corrected chi connectivity index (χ3v) is 3.21. The van der Waals surface area contributed by atoms with Gasteiger partial charge in [-0.3, -0.25) is 0 Å². The second kappa shape index (κ2) is 6.37. The molecule has 0 saturated heterocycles. The van der Waals surface area contributed by atoms with Gasteiger partial charge < -0.3 is 9.84 Å². The van der Waals surface area contributed by atoms with Crippen molar-refractivity contribution < 1.29 is 4.52 Å². The molecule has 1 N–H and O–H groups in total. The van der Waals surface area contributed by atoms with E-state index in [0.717, 1.165) is 12.1 Å². The molecule has 0 amide bonds. The van der Waals surface area contributed by atoms with Crippen molar-refractivity contribution in [3.8, 4) is 11.4 Å². The zero-order chi connectivity index (χ0) is 13.8. The van der Waals surface area contributed by atoms with Crippen molar-refractivity contribution >= 4 is 23.2 Å². The molecule has 0 aliphatic heterocycles. The third kappa shape index (κ3) is 3.93. The van der Waals surface area contributed by atoms with Crippen LogP contribution in [0.2, 0.25) is 10.0 Å². The van der Waals surface area contributed by atoms with Crippen LogP contribution in [0.15, 0.2) is 22.7 Å². The van der Waals surface area contributed by atoms with Gasteiger partial charge in [-0.25, -0.2) is 0 Å². The van der Waals surface area contributed by atoms with Crippen LogP contribution < -0.4 is 5.32 Å². The van der Waals surface area contributed by atoms with Gasteiger partial charge in [0.2, 0.25) is 11.7 Å². The van der Waals surface area contributed by atoms with Crippen LogP contribution in [0, 0.1) is 5.92 Å². The number of nitrogens with one attached hydrogen (secondary N) is 1. The van der Waals surface area contributed by atoms with Crippen molar-refractivity contribution in [1.82, 2.24) is 15.5 Å². The average molecular weight is 300 g/mol. The topological polar surface area (TPSA) is 51.0 Å². The van der Waals surface area contributed by atoms with Crippen LogP contribution in [0.5, 0.6) is 0 Å². The van der Waals surface area contributed by atoms with Gasteiger partial charge in [0.05, 0.1) is 16.6 Å². The summed E-state index contributed by atoms with van der Waals surface area (Å²) in [4.78, 5) is 4.31. The summed E-state index contributed by atoms with van der Waals surface area (Å²) in [5.41, 5.74) is 0.785. The number of rotatable bonds is 5. The molecule has 0 unspecified atom stereocenters. The molecule has 0 atom stereocenters. The summed E-state index contributed by atoms with van der Waals surface area (Å²) >= 11 is 11.8. The van der Waals surface area contributed by atoms with Crippen LogP contribution in [0.4, 0.5) is 0 Å². The molecule has 19 heavy (non-hydrogen) atoms. The standard InChI is InChI=1S/C13H15Cl2N3O/c1-8(2)6-16-7-12-17-13(18-19-12)9-3-4-10(14)11(15)5-9/h3-5,8,16H,6-7H2,1-2H3. The molecular weight excluding hydrogens is 285 g/mol. The molecule has 0 fully saturated rings. The maximum absolute atomic E-state index is 5.96. The lowest BCUT2D eigenvalue weighted by Crippen LogP contribution is -2.19. The Morgan fingerprint density at radius 3 is 2.74 bits per heavy atom. The second-order valence-corrected chi connectivity index (χ2v) is 5.48. The van der Waals surface area contributed by atoms with Gasteiger partial charge in [-0.2, -0.15) is 4.98 Å². The predicted molar refractivity (Wildman–Crippen MR) is 76.3 cm³/mol. The summed E-state index contributed by atoms with van der Waals surface area (Å²) in [5, 5.41) is 8.15. The minimum absolute atomic E-state index is 0.475. The second-order valence-electron chi connectivity index (χ2n) is 4.67. The van der Waals surface area contributed by atoms with Gasteiger partial charge >= 0.3 is 0 Å². The molecule has 0 bridgehead atoms. The Morgan fingerprint density at radius 2 is 2.05 bits per heavy atom. The molecule has 1 aromatic carbocycles. The Balaban J connectivity index is 2.05. The van der Waals surface area contributed by atoms with Gasteiger partial charge in [0.1, 0.15) is 0 Å². The van der Waals surface area contributed by atoms with Crippen LogP contribution in [0.1, 0.15) is 19.7 Å². The van der Waals surface area contributed by atoms with Crippen molar-refractivity contribution in [2.45, 2.75) is 20.4 Å². The first-order chi connectivity index (χ1) is 9.06. The molecule has 2 rings (SSSR count). The van der Waals surface area contributed by atoms with Gasteiger partial charge in [-0.05, 0) is 30.7 Å². The summed E-state index contributed by atoms with van der Waals surface area (Å²) in [7, 11) is 0. The Bertz CT molecular complexity index is 555. The quantitative estimate of drug-likeness (QED) is 0.912. The number of halogens is 2. The van der Waals surface area contributed by atoms with E-state index < -0.39 is 0 Å². The van der Waals surface area contributed by atoms with Crippen LogP contribution in [-0.2, 0) is 6.54 Å². The van der Waals surface area contributed by atoms with E-state index in [0.29, 0.717) is 34.2 Å². The highest BCUT2D eigenvalue weighted by Gasteiger charge is 2.10. The highest BCUT2D eigenvalue weighted by Crippen LogP contribution is 2.26. The van der Waals surface area contributed by atoms with Crippen molar-refractivity contribution in [2.24, 2.45) is 5.92 Å². The first kappa shape index (κ1) is 14.3. The minimum atomic E-state index is 0.475. The molecule has 0 radical (unpaired) electrons. The van der Waals surface area contributed by atoms with E-state index in [-0.39, 0.29) is 0 Å². The van der Waals surface area contributed by atoms with Gasteiger partial charge in [-0.1, -0.05) is 42.2 Å². The zero-order valence-corrected chi connectivity index (χ0v) is 12.3. The van der Waals surface area contributed by atoms with E-state index in [1.165, 1.54) is 0 Å². The first-order valence-electron chi connectivity index (χ1n) is 6.05. The Labute approximate surface area is 122 Å². The molecule has 102 valence electrons. The maximum atomic E-state index is 5.96. The Hall–Kier alpha value is -1.10. The molecule has 1 aromatic heterocycles. The van der Waals surface area contributed by atoms with E-state index >= 15 is 0 Å². The average Bonchev–Trinajstić information content (AvgIpc) is 2.81. The number of hydrogen-bond donors (Lipinski definition) is 1. The van der Waals surface area contributed by atoms with E-state index in [2.05, 4.69) is 29.3 Å². The molecule has 0 saturated carbocycles. The predicted octanol–water partition coefficient (Wildman–Crippen LogP) is 3.79. The minimum Gasteiger partial charge on any atom is -0.338 e. The molecule has 0 aliphatic carbocycles. The zero-order valence-electron chi connectivity index (χ0n) is 10.8. The molecule has 0 aliphatic rings. The van der Waals surface area contributed by atoms with Crippen molar-refractivity contribution in [1.29, 1.82) is 0 Å². The van der Waals surface area contributed by atoms with E-state index in [4.69, 9.17) is 27.7 Å². The van der Waals surface area contributed by atoms with Crippen LogP contribution in [0.25, 0.3) is 11.4 Å². The molecule has 4 nitrogen and oxygen atoms in total. The van der Waals surface area contributed by atoms with Gasteiger partial charge in [-0.15, -0.1) is 0 Å². The third-order valence-electron chi connectivity index (χ3n) is 2.47. The largest absolute Gasteiger partial charge is 0.338 e. The van der Waals surface area contributed by atoms with Crippen LogP contribution in [-0.4, -0.2) is 16.7 Å². The van der Waals surface area contributed by atoms with Crippen molar-refractivity contribution in [2.75, 3.05) is 6.54 Å². The fourth-order valence-corrected chi connectivity index (χ4v) is 1.85. The van der Waals surface area contributed by atoms with E-state index in [9.17, 15) is 0 Å². The summed E-state index contributed by atoms with van der Waals surface area (Å²) in [5.74, 6) is 1.65. The summed E-state index contributed by atoms with van der Waals surface area (Å²) < 4.78 is 5.17. The molecule has 0 spiro atoms. The number of hydrogen-bond acceptors (Lipinski definition) is 4. The lowest BCUT2D eigenvalue weighted by atomic mass is 10.2. The number of benzene rings is 1. The van der Waals surface area contributed by atoms with Gasteiger partial charge in [0.25, 0.3) is 0 Å². The fraction of sp³-hybridized carbons (Fsp3) is 0.385. The lowest BCUT2D eigenvalue weighted by molar-refractivity contribution is 0.364.